The molecule has 2 heterocycles. The van der Waals surface area contributed by atoms with Gasteiger partial charge in [0, 0.05) is 59.0 Å². The molecule has 0 aliphatic heterocycles. The van der Waals surface area contributed by atoms with E-state index in [0.717, 1.165) is 62.8 Å². The number of H-pyrrole nitrogens is 1. The molecule has 4 aromatic carbocycles. The van der Waals surface area contributed by atoms with E-state index in [1.54, 1.807) is 24.2 Å². The Balaban J connectivity index is 1.18. The summed E-state index contributed by atoms with van der Waals surface area (Å²) < 4.78 is 0. The third-order valence-corrected chi connectivity index (χ3v) is 8.38. The van der Waals surface area contributed by atoms with Crippen LogP contribution >= 0.6 is 23.4 Å². The first-order chi connectivity index (χ1) is 20.7. The highest BCUT2D eigenvalue weighted by molar-refractivity contribution is 7.99. The normalized spacial score (nSPS) is 11.0. The maximum atomic E-state index is 9.83. The smallest absolute Gasteiger partial charge is 0.107 e. The number of aromatic amines is 1. The van der Waals surface area contributed by atoms with E-state index < -0.39 is 0 Å². The lowest BCUT2D eigenvalue weighted by Crippen LogP contribution is -2.17. The zero-order valence-corrected chi connectivity index (χ0v) is 24.2. The minimum Gasteiger partial charge on any atom is -0.354 e. The number of hydrogen-bond donors (Lipinski definition) is 3. The van der Waals surface area contributed by atoms with E-state index in [2.05, 4.69) is 80.2 Å². The van der Waals surface area contributed by atoms with Crippen molar-refractivity contribution in [3.05, 3.63) is 132 Å². The molecule has 3 N–H and O–H groups in total. The van der Waals surface area contributed by atoms with E-state index in [1.807, 2.05) is 48.7 Å². The molecule has 6 nitrogen and oxygen atoms in total. The Labute approximate surface area is 253 Å². The van der Waals surface area contributed by atoms with E-state index in [9.17, 15) is 5.26 Å². The van der Waals surface area contributed by atoms with Crippen LogP contribution in [0.5, 0.6) is 0 Å². The minimum absolute atomic E-state index is 0.470. The summed E-state index contributed by atoms with van der Waals surface area (Å²) in [5.41, 5.74) is 6.18. The summed E-state index contributed by atoms with van der Waals surface area (Å²) in [5.74, 6) is 0.989. The SMILES string of the molecule is N#Cc1cnc2cc(-c3ccc(CNCCc4ncc[nH]4)cc3)ccc2c1Nc1ccc(Sc2ccccc2)c(Cl)c1. The van der Waals surface area contributed by atoms with Crippen molar-refractivity contribution in [2.75, 3.05) is 11.9 Å². The Morgan fingerprint density at radius 3 is 2.50 bits per heavy atom. The number of pyridine rings is 1. The molecule has 0 radical (unpaired) electrons. The summed E-state index contributed by atoms with van der Waals surface area (Å²) in [6, 6.07) is 33.0. The molecule has 2 aromatic heterocycles. The molecule has 0 bridgehead atoms. The number of nitrogens with one attached hydrogen (secondary N) is 3. The summed E-state index contributed by atoms with van der Waals surface area (Å²) in [5, 5.41) is 18.2. The lowest BCUT2D eigenvalue weighted by atomic mass is 10.0. The summed E-state index contributed by atoms with van der Waals surface area (Å²) in [4.78, 5) is 14.1. The molecule has 0 unspecified atom stereocenters. The van der Waals surface area contributed by atoms with Gasteiger partial charge in [-0.25, -0.2) is 4.98 Å². The maximum absolute atomic E-state index is 9.83. The fourth-order valence-corrected chi connectivity index (χ4v) is 5.84. The van der Waals surface area contributed by atoms with Crippen LogP contribution in [0.25, 0.3) is 22.0 Å². The highest BCUT2D eigenvalue weighted by atomic mass is 35.5. The summed E-state index contributed by atoms with van der Waals surface area (Å²) in [6.07, 6.45) is 6.10. The lowest BCUT2D eigenvalue weighted by Gasteiger charge is -2.14. The zero-order valence-electron chi connectivity index (χ0n) is 22.6. The number of nitriles is 1. The Morgan fingerprint density at radius 1 is 0.905 bits per heavy atom. The van der Waals surface area contributed by atoms with Crippen LogP contribution in [0.4, 0.5) is 11.4 Å². The van der Waals surface area contributed by atoms with Crippen molar-refractivity contribution in [2.45, 2.75) is 22.8 Å². The maximum Gasteiger partial charge on any atom is 0.107 e. The average molecular weight is 587 g/mol. The average Bonchev–Trinajstić information content (AvgIpc) is 3.55. The van der Waals surface area contributed by atoms with Crippen molar-refractivity contribution in [1.82, 2.24) is 20.3 Å². The second-order valence-electron chi connectivity index (χ2n) is 9.74. The molecule has 8 heteroatoms. The van der Waals surface area contributed by atoms with Crippen molar-refractivity contribution >= 4 is 45.6 Å². The summed E-state index contributed by atoms with van der Waals surface area (Å²) in [6.45, 7) is 1.65. The molecule has 0 atom stereocenters. The molecular formula is C34H27ClN6S. The van der Waals surface area contributed by atoms with Crippen LogP contribution in [-0.2, 0) is 13.0 Å². The largest absolute Gasteiger partial charge is 0.354 e. The lowest BCUT2D eigenvalue weighted by molar-refractivity contribution is 0.674. The standard InChI is InChI=1S/C34H27ClN6S/c35-30-19-27(11-13-32(30)42-28-4-2-1-3-5-28)41-34-26(20-36)22-40-31-18-25(10-12-29(31)34)24-8-6-23(7-9-24)21-37-15-14-33-38-16-17-39-33/h1-13,16-19,22,37H,14-15,21H2,(H,38,39)(H,40,41). The molecule has 206 valence electrons. The van der Waals surface area contributed by atoms with Gasteiger partial charge in [-0.1, -0.05) is 78.0 Å². The number of hydrogen-bond acceptors (Lipinski definition) is 6. The molecule has 0 aliphatic carbocycles. The highest BCUT2D eigenvalue weighted by Gasteiger charge is 2.12. The van der Waals surface area contributed by atoms with Crippen molar-refractivity contribution in [1.29, 1.82) is 5.26 Å². The van der Waals surface area contributed by atoms with Gasteiger partial charge in [-0.05, 0) is 53.1 Å². The van der Waals surface area contributed by atoms with Crippen molar-refractivity contribution in [3.63, 3.8) is 0 Å². The van der Waals surface area contributed by atoms with Crippen LogP contribution in [0.1, 0.15) is 17.0 Å². The van der Waals surface area contributed by atoms with Gasteiger partial charge >= 0.3 is 0 Å². The Morgan fingerprint density at radius 2 is 1.74 bits per heavy atom. The van der Waals surface area contributed by atoms with Crippen molar-refractivity contribution < 1.29 is 0 Å². The number of benzene rings is 4. The topological polar surface area (TPSA) is 89.4 Å². The van der Waals surface area contributed by atoms with Crippen LogP contribution in [0, 0.1) is 11.3 Å². The van der Waals surface area contributed by atoms with Gasteiger partial charge in [0.2, 0.25) is 0 Å². The van der Waals surface area contributed by atoms with E-state index in [4.69, 9.17) is 11.6 Å². The van der Waals surface area contributed by atoms with Crippen LogP contribution in [-0.4, -0.2) is 21.5 Å². The third-order valence-electron chi connectivity index (χ3n) is 6.87. The van der Waals surface area contributed by atoms with Gasteiger partial charge in [0.05, 0.1) is 21.8 Å². The Kier molecular flexibility index (Phi) is 8.48. The second kappa shape index (κ2) is 12.9. The van der Waals surface area contributed by atoms with Crippen molar-refractivity contribution in [2.24, 2.45) is 0 Å². The first-order valence-electron chi connectivity index (χ1n) is 13.6. The summed E-state index contributed by atoms with van der Waals surface area (Å²) >= 11 is 8.26. The molecular weight excluding hydrogens is 560 g/mol. The first-order valence-corrected chi connectivity index (χ1v) is 14.8. The molecule has 0 aliphatic rings. The van der Waals surface area contributed by atoms with Gasteiger partial charge in [-0.3, -0.25) is 4.98 Å². The van der Waals surface area contributed by atoms with Crippen LogP contribution in [0.15, 0.2) is 119 Å². The number of aromatic nitrogens is 3. The van der Waals surface area contributed by atoms with Gasteiger partial charge in [-0.2, -0.15) is 5.26 Å². The Hall–Kier alpha value is -4.61. The fraction of sp³-hybridized carbons (Fsp3) is 0.0882. The van der Waals surface area contributed by atoms with Gasteiger partial charge in [0.25, 0.3) is 0 Å². The molecule has 0 amide bonds. The zero-order chi connectivity index (χ0) is 28.7. The van der Waals surface area contributed by atoms with E-state index in [0.29, 0.717) is 16.3 Å². The Bertz CT molecular complexity index is 1850. The number of nitrogens with zero attached hydrogens (tertiary/aromatic N) is 3. The molecule has 42 heavy (non-hydrogen) atoms. The third kappa shape index (κ3) is 6.48. The molecule has 0 saturated heterocycles. The molecule has 6 aromatic rings. The summed E-state index contributed by atoms with van der Waals surface area (Å²) in [7, 11) is 0. The molecule has 0 spiro atoms. The molecule has 0 fully saturated rings. The van der Waals surface area contributed by atoms with Crippen LogP contribution in [0.2, 0.25) is 5.02 Å². The van der Waals surface area contributed by atoms with E-state index in [1.165, 1.54) is 5.56 Å². The van der Waals surface area contributed by atoms with Gasteiger partial charge in [-0.15, -0.1) is 0 Å². The predicted octanol–water partition coefficient (Wildman–Crippen LogP) is 8.38. The van der Waals surface area contributed by atoms with Gasteiger partial charge < -0.3 is 15.6 Å². The monoisotopic (exact) mass is 586 g/mol. The van der Waals surface area contributed by atoms with Crippen molar-refractivity contribution in [3.8, 4) is 17.2 Å². The number of imidazole rings is 1. The van der Waals surface area contributed by atoms with Crippen LogP contribution < -0.4 is 10.6 Å². The number of rotatable bonds is 10. The van der Waals surface area contributed by atoms with Gasteiger partial charge in [0.15, 0.2) is 0 Å². The second-order valence-corrected chi connectivity index (χ2v) is 11.3. The van der Waals surface area contributed by atoms with E-state index in [-0.39, 0.29) is 0 Å². The van der Waals surface area contributed by atoms with E-state index >= 15 is 0 Å². The quantitative estimate of drug-likeness (QED) is 0.140. The number of anilines is 2. The molecule has 0 saturated carbocycles. The minimum atomic E-state index is 0.470. The number of fused-ring (bicyclic) bond motifs is 1. The van der Waals surface area contributed by atoms with Crippen LogP contribution in [0.3, 0.4) is 0 Å². The fourth-order valence-electron chi connectivity index (χ4n) is 4.70. The molecule has 6 rings (SSSR count). The highest BCUT2D eigenvalue weighted by Crippen LogP contribution is 2.37. The first kappa shape index (κ1) is 27.6. The van der Waals surface area contributed by atoms with Gasteiger partial charge in [0.1, 0.15) is 11.9 Å². The number of halogens is 1. The predicted molar refractivity (Wildman–Crippen MR) is 171 cm³/mol.